The van der Waals surface area contributed by atoms with Crippen LogP contribution in [0.25, 0.3) is 0 Å². The molecule has 0 radical (unpaired) electrons. The molecule has 3 rings (SSSR count). The second kappa shape index (κ2) is 6.34. The summed E-state index contributed by atoms with van der Waals surface area (Å²) in [5, 5.41) is 3.97. The number of carbonyl (C=O) groups is 1. The van der Waals surface area contributed by atoms with Crippen molar-refractivity contribution < 1.29 is 9.32 Å². The number of hydrogen-bond acceptors (Lipinski definition) is 4. The zero-order chi connectivity index (χ0) is 15.5. The van der Waals surface area contributed by atoms with Crippen molar-refractivity contribution in [1.82, 2.24) is 19.6 Å². The molecule has 1 aliphatic heterocycles. The van der Waals surface area contributed by atoms with Crippen molar-refractivity contribution in [3.05, 3.63) is 36.2 Å². The molecule has 1 saturated heterocycles. The Morgan fingerprint density at radius 3 is 2.95 bits per heavy atom. The lowest BCUT2D eigenvalue weighted by atomic mass is 10.1. The van der Waals surface area contributed by atoms with Gasteiger partial charge in [0.15, 0.2) is 5.82 Å². The molecule has 22 heavy (non-hydrogen) atoms. The SMILES string of the molecule is CC(C)n1cccc1C(=O)N1CCCCCC1c1ncon1. The van der Waals surface area contributed by atoms with E-state index in [0.717, 1.165) is 37.9 Å². The highest BCUT2D eigenvalue weighted by Gasteiger charge is 2.31. The largest absolute Gasteiger partial charge is 0.343 e. The van der Waals surface area contributed by atoms with Crippen LogP contribution in [0.2, 0.25) is 0 Å². The average Bonchev–Trinajstić information content (AvgIpc) is 3.14. The molecular formula is C16H22N4O2. The second-order valence-electron chi connectivity index (χ2n) is 6.05. The summed E-state index contributed by atoms with van der Waals surface area (Å²) in [6.07, 6.45) is 7.40. The van der Waals surface area contributed by atoms with Gasteiger partial charge in [-0.1, -0.05) is 18.0 Å². The number of aromatic nitrogens is 3. The molecule has 1 amide bonds. The maximum atomic E-state index is 13.1. The molecule has 1 unspecified atom stereocenters. The van der Waals surface area contributed by atoms with Crippen molar-refractivity contribution in [3.63, 3.8) is 0 Å². The standard InChI is InChI=1S/C16H22N4O2/c1-12(2)19-10-6-8-14(19)16(21)20-9-5-3-4-7-13(20)15-17-11-22-18-15/h6,8,10-13H,3-5,7,9H2,1-2H3. The van der Waals surface area contributed by atoms with Gasteiger partial charge in [0.1, 0.15) is 5.69 Å². The van der Waals surface area contributed by atoms with E-state index in [4.69, 9.17) is 4.52 Å². The van der Waals surface area contributed by atoms with Gasteiger partial charge in [-0.05, 0) is 38.8 Å². The molecule has 0 spiro atoms. The third kappa shape index (κ3) is 2.77. The molecule has 0 bridgehead atoms. The topological polar surface area (TPSA) is 64.2 Å². The maximum Gasteiger partial charge on any atom is 0.271 e. The molecule has 0 aliphatic carbocycles. The van der Waals surface area contributed by atoms with Crippen LogP contribution >= 0.6 is 0 Å². The summed E-state index contributed by atoms with van der Waals surface area (Å²) in [5.74, 6) is 0.660. The first-order valence-corrected chi connectivity index (χ1v) is 7.92. The van der Waals surface area contributed by atoms with Gasteiger partial charge in [-0.25, -0.2) is 0 Å². The molecule has 0 aromatic carbocycles. The van der Waals surface area contributed by atoms with Crippen LogP contribution in [0.1, 0.15) is 67.9 Å². The molecule has 1 fully saturated rings. The van der Waals surface area contributed by atoms with E-state index in [2.05, 4.69) is 24.0 Å². The summed E-state index contributed by atoms with van der Waals surface area (Å²) >= 11 is 0. The van der Waals surface area contributed by atoms with Crippen molar-refractivity contribution in [1.29, 1.82) is 0 Å². The van der Waals surface area contributed by atoms with Crippen LogP contribution in [-0.2, 0) is 0 Å². The first kappa shape index (κ1) is 14.8. The quantitative estimate of drug-likeness (QED) is 0.873. The molecule has 3 heterocycles. The fraction of sp³-hybridized carbons (Fsp3) is 0.562. The molecular weight excluding hydrogens is 280 g/mol. The van der Waals surface area contributed by atoms with E-state index in [1.807, 2.05) is 27.8 Å². The summed E-state index contributed by atoms with van der Waals surface area (Å²) in [4.78, 5) is 19.1. The average molecular weight is 302 g/mol. The third-order valence-electron chi connectivity index (χ3n) is 4.24. The van der Waals surface area contributed by atoms with Gasteiger partial charge >= 0.3 is 0 Å². The van der Waals surface area contributed by atoms with E-state index in [1.165, 1.54) is 6.39 Å². The minimum atomic E-state index is -0.0933. The second-order valence-corrected chi connectivity index (χ2v) is 6.05. The highest BCUT2D eigenvalue weighted by Crippen LogP contribution is 2.29. The fourth-order valence-corrected chi connectivity index (χ4v) is 3.12. The van der Waals surface area contributed by atoms with E-state index in [1.54, 1.807) is 0 Å². The van der Waals surface area contributed by atoms with Gasteiger partial charge in [0.2, 0.25) is 6.39 Å². The van der Waals surface area contributed by atoms with Crippen molar-refractivity contribution in [2.24, 2.45) is 0 Å². The summed E-state index contributed by atoms with van der Waals surface area (Å²) in [7, 11) is 0. The number of carbonyl (C=O) groups excluding carboxylic acids is 1. The Kier molecular flexibility index (Phi) is 4.27. The maximum absolute atomic E-state index is 13.1. The summed E-state index contributed by atoms with van der Waals surface area (Å²) < 4.78 is 6.90. The van der Waals surface area contributed by atoms with E-state index in [9.17, 15) is 4.79 Å². The van der Waals surface area contributed by atoms with Crippen LogP contribution in [-0.4, -0.2) is 32.1 Å². The van der Waals surface area contributed by atoms with Gasteiger partial charge in [-0.3, -0.25) is 4.79 Å². The highest BCUT2D eigenvalue weighted by molar-refractivity contribution is 5.93. The number of nitrogens with zero attached hydrogens (tertiary/aromatic N) is 4. The summed E-state index contributed by atoms with van der Waals surface area (Å²) in [6.45, 7) is 4.90. The Morgan fingerprint density at radius 2 is 2.23 bits per heavy atom. The van der Waals surface area contributed by atoms with Crippen LogP contribution in [0.15, 0.2) is 29.2 Å². The lowest BCUT2D eigenvalue weighted by Gasteiger charge is -2.28. The van der Waals surface area contributed by atoms with Crippen LogP contribution in [0.3, 0.4) is 0 Å². The smallest absolute Gasteiger partial charge is 0.271 e. The van der Waals surface area contributed by atoms with Gasteiger partial charge < -0.3 is 14.0 Å². The molecule has 1 aliphatic rings. The zero-order valence-electron chi connectivity index (χ0n) is 13.1. The molecule has 1 atom stereocenters. The first-order valence-electron chi connectivity index (χ1n) is 7.92. The van der Waals surface area contributed by atoms with E-state index < -0.39 is 0 Å². The van der Waals surface area contributed by atoms with Gasteiger partial charge in [-0.15, -0.1) is 0 Å². The fourth-order valence-electron chi connectivity index (χ4n) is 3.12. The van der Waals surface area contributed by atoms with Crippen molar-refractivity contribution in [2.45, 2.75) is 51.6 Å². The van der Waals surface area contributed by atoms with E-state index in [0.29, 0.717) is 5.82 Å². The molecule has 0 N–H and O–H groups in total. The Hall–Kier alpha value is -2.11. The molecule has 118 valence electrons. The normalized spacial score (nSPS) is 19.4. The lowest BCUT2D eigenvalue weighted by molar-refractivity contribution is 0.0657. The number of amides is 1. The van der Waals surface area contributed by atoms with Crippen LogP contribution in [0.5, 0.6) is 0 Å². The zero-order valence-corrected chi connectivity index (χ0v) is 13.1. The van der Waals surface area contributed by atoms with Gasteiger partial charge in [0, 0.05) is 18.8 Å². The van der Waals surface area contributed by atoms with Gasteiger partial charge in [0.05, 0.1) is 6.04 Å². The monoisotopic (exact) mass is 302 g/mol. The summed E-state index contributed by atoms with van der Waals surface area (Å²) in [6, 6.07) is 3.98. The van der Waals surface area contributed by atoms with Crippen LogP contribution < -0.4 is 0 Å². The Balaban J connectivity index is 1.92. The van der Waals surface area contributed by atoms with Crippen LogP contribution in [0.4, 0.5) is 0 Å². The molecule has 6 heteroatoms. The van der Waals surface area contributed by atoms with E-state index in [-0.39, 0.29) is 18.0 Å². The molecule has 6 nitrogen and oxygen atoms in total. The Morgan fingerprint density at radius 1 is 1.36 bits per heavy atom. The van der Waals surface area contributed by atoms with Gasteiger partial charge in [-0.2, -0.15) is 4.98 Å². The van der Waals surface area contributed by atoms with Crippen molar-refractivity contribution in [2.75, 3.05) is 6.54 Å². The molecule has 2 aromatic rings. The van der Waals surface area contributed by atoms with Crippen molar-refractivity contribution in [3.8, 4) is 0 Å². The van der Waals surface area contributed by atoms with Crippen molar-refractivity contribution >= 4 is 5.91 Å². The lowest BCUT2D eigenvalue weighted by Crippen LogP contribution is -2.36. The third-order valence-corrected chi connectivity index (χ3v) is 4.24. The van der Waals surface area contributed by atoms with Gasteiger partial charge in [0.25, 0.3) is 5.91 Å². The Labute approximate surface area is 130 Å². The molecule has 2 aromatic heterocycles. The van der Waals surface area contributed by atoms with Crippen LogP contribution in [0, 0.1) is 0 Å². The Bertz CT molecular complexity index is 618. The van der Waals surface area contributed by atoms with E-state index >= 15 is 0 Å². The minimum absolute atomic E-state index is 0.0513. The molecule has 0 saturated carbocycles. The predicted octanol–water partition coefficient (Wildman–Crippen LogP) is 3.21. The summed E-state index contributed by atoms with van der Waals surface area (Å²) in [5.41, 5.74) is 0.727. The first-order chi connectivity index (χ1) is 10.7. The highest BCUT2D eigenvalue weighted by atomic mass is 16.5. The number of rotatable bonds is 3. The number of likely N-dealkylation sites (tertiary alicyclic amines) is 1. The number of hydrogen-bond donors (Lipinski definition) is 0. The minimum Gasteiger partial charge on any atom is -0.343 e. The predicted molar refractivity (Wildman–Crippen MR) is 81.4 cm³/mol.